The Balaban J connectivity index is 1.74. The van der Waals surface area contributed by atoms with Crippen LogP contribution in [-0.4, -0.2) is 31.9 Å². The van der Waals surface area contributed by atoms with Gasteiger partial charge in [0, 0.05) is 6.54 Å². The summed E-state index contributed by atoms with van der Waals surface area (Å²) in [5.74, 6) is 0.957. The third-order valence-electron chi connectivity index (χ3n) is 3.56. The van der Waals surface area contributed by atoms with Gasteiger partial charge in [0.15, 0.2) is 0 Å². The molecule has 1 aromatic rings. The van der Waals surface area contributed by atoms with Gasteiger partial charge in [-0.25, -0.2) is 0 Å². The maximum absolute atomic E-state index is 5.95. The Hall–Kier alpha value is -1.06. The fourth-order valence-electron chi connectivity index (χ4n) is 2.40. The van der Waals surface area contributed by atoms with Gasteiger partial charge in [0.2, 0.25) is 0 Å². The van der Waals surface area contributed by atoms with E-state index in [2.05, 4.69) is 37.4 Å². The van der Waals surface area contributed by atoms with Gasteiger partial charge in [-0.1, -0.05) is 26.0 Å². The molecule has 1 aliphatic heterocycles. The van der Waals surface area contributed by atoms with Crippen LogP contribution in [0.3, 0.4) is 0 Å². The Morgan fingerprint density at radius 2 is 2.11 bits per heavy atom. The number of likely N-dealkylation sites (N-methyl/N-ethyl adjacent to an activating group) is 1. The molecular formula is C16H25NO2. The molecule has 0 aliphatic carbocycles. The zero-order chi connectivity index (χ0) is 13.5. The van der Waals surface area contributed by atoms with Gasteiger partial charge in [-0.05, 0) is 43.5 Å². The molecule has 2 rings (SSSR count). The minimum absolute atomic E-state index is 0.244. The highest BCUT2D eigenvalue weighted by Gasteiger charge is 2.25. The number of hydrogen-bond donors (Lipinski definition) is 1. The lowest BCUT2D eigenvalue weighted by molar-refractivity contribution is 0.0188. The Morgan fingerprint density at radius 3 is 2.89 bits per heavy atom. The maximum Gasteiger partial charge on any atom is 0.119 e. The van der Waals surface area contributed by atoms with Crippen LogP contribution in [0.4, 0.5) is 0 Å². The first-order chi connectivity index (χ1) is 9.31. The molecule has 106 valence electrons. The van der Waals surface area contributed by atoms with Crippen molar-refractivity contribution in [2.45, 2.75) is 45.3 Å². The summed E-state index contributed by atoms with van der Waals surface area (Å²) in [6.07, 6.45) is 3.88. The van der Waals surface area contributed by atoms with Crippen molar-refractivity contribution in [2.75, 3.05) is 19.7 Å². The predicted molar refractivity (Wildman–Crippen MR) is 77.8 cm³/mol. The summed E-state index contributed by atoms with van der Waals surface area (Å²) in [7, 11) is 0. The summed E-state index contributed by atoms with van der Waals surface area (Å²) in [6, 6.07) is 8.32. The molecule has 0 amide bonds. The molecule has 3 heteroatoms. The summed E-state index contributed by atoms with van der Waals surface area (Å²) in [5, 5.41) is 3.33. The summed E-state index contributed by atoms with van der Waals surface area (Å²) < 4.78 is 11.8. The van der Waals surface area contributed by atoms with E-state index < -0.39 is 0 Å². The van der Waals surface area contributed by atoms with Gasteiger partial charge in [-0.3, -0.25) is 0 Å². The van der Waals surface area contributed by atoms with E-state index in [0.717, 1.165) is 38.1 Å². The highest BCUT2D eigenvalue weighted by Crippen LogP contribution is 2.21. The average Bonchev–Trinajstić information content (AvgIpc) is 2.91. The molecule has 0 spiro atoms. The topological polar surface area (TPSA) is 30.5 Å². The van der Waals surface area contributed by atoms with Crippen LogP contribution in [-0.2, 0) is 11.2 Å². The van der Waals surface area contributed by atoms with E-state index in [1.54, 1.807) is 0 Å². The van der Waals surface area contributed by atoms with E-state index in [1.807, 2.05) is 6.07 Å². The van der Waals surface area contributed by atoms with Gasteiger partial charge in [-0.15, -0.1) is 0 Å². The number of hydrogen-bond acceptors (Lipinski definition) is 3. The van der Waals surface area contributed by atoms with Gasteiger partial charge in [0.25, 0.3) is 0 Å². The minimum Gasteiger partial charge on any atom is -0.491 e. The molecule has 1 fully saturated rings. The molecule has 0 aromatic heterocycles. The highest BCUT2D eigenvalue weighted by atomic mass is 16.5. The van der Waals surface area contributed by atoms with E-state index in [0.29, 0.717) is 12.7 Å². The summed E-state index contributed by atoms with van der Waals surface area (Å²) in [6.45, 7) is 6.90. The van der Waals surface area contributed by atoms with Crippen LogP contribution in [0, 0.1) is 0 Å². The van der Waals surface area contributed by atoms with Crippen LogP contribution in [0.2, 0.25) is 0 Å². The second-order valence-corrected chi connectivity index (χ2v) is 5.08. The van der Waals surface area contributed by atoms with E-state index in [4.69, 9.17) is 9.47 Å². The lowest BCUT2D eigenvalue weighted by Crippen LogP contribution is -2.28. The van der Waals surface area contributed by atoms with Gasteiger partial charge < -0.3 is 14.8 Å². The van der Waals surface area contributed by atoms with Crippen molar-refractivity contribution in [3.8, 4) is 5.75 Å². The van der Waals surface area contributed by atoms with Crippen LogP contribution >= 0.6 is 0 Å². The molecule has 1 N–H and O–H groups in total. The van der Waals surface area contributed by atoms with Gasteiger partial charge in [0.05, 0.1) is 12.2 Å². The summed E-state index contributed by atoms with van der Waals surface area (Å²) in [4.78, 5) is 0. The van der Waals surface area contributed by atoms with Crippen molar-refractivity contribution in [1.29, 1.82) is 0 Å². The van der Waals surface area contributed by atoms with E-state index in [9.17, 15) is 0 Å². The predicted octanol–water partition coefficient (Wildman–Crippen LogP) is 2.78. The normalized spacial score (nSPS) is 22.6. The zero-order valence-corrected chi connectivity index (χ0v) is 12.0. The fraction of sp³-hybridized carbons (Fsp3) is 0.625. The van der Waals surface area contributed by atoms with Crippen LogP contribution in [0.1, 0.15) is 32.3 Å². The number of benzene rings is 1. The van der Waals surface area contributed by atoms with Gasteiger partial charge >= 0.3 is 0 Å². The quantitative estimate of drug-likeness (QED) is 0.820. The molecule has 1 aromatic carbocycles. The van der Waals surface area contributed by atoms with Crippen LogP contribution in [0.15, 0.2) is 24.3 Å². The molecule has 3 nitrogen and oxygen atoms in total. The van der Waals surface area contributed by atoms with Gasteiger partial charge in [0.1, 0.15) is 12.4 Å². The third kappa shape index (κ3) is 4.51. The molecule has 1 aliphatic rings. The minimum atomic E-state index is 0.244. The Morgan fingerprint density at radius 1 is 1.26 bits per heavy atom. The number of ether oxygens (including phenoxy) is 2. The molecule has 2 unspecified atom stereocenters. The second kappa shape index (κ2) is 7.51. The van der Waals surface area contributed by atoms with Crippen molar-refractivity contribution >= 4 is 0 Å². The van der Waals surface area contributed by atoms with Crippen molar-refractivity contribution in [1.82, 2.24) is 5.32 Å². The molecule has 0 saturated carbocycles. The molecule has 0 radical (unpaired) electrons. The average molecular weight is 263 g/mol. The van der Waals surface area contributed by atoms with Crippen molar-refractivity contribution in [2.24, 2.45) is 0 Å². The zero-order valence-electron chi connectivity index (χ0n) is 12.0. The van der Waals surface area contributed by atoms with Crippen LogP contribution in [0.25, 0.3) is 0 Å². The SMILES string of the molecule is CCNCC1CCC(COc2cccc(CC)c2)O1. The monoisotopic (exact) mass is 263 g/mol. The molecule has 1 heterocycles. The smallest absolute Gasteiger partial charge is 0.119 e. The molecule has 1 saturated heterocycles. The number of aryl methyl sites for hydroxylation is 1. The van der Waals surface area contributed by atoms with Crippen molar-refractivity contribution < 1.29 is 9.47 Å². The second-order valence-electron chi connectivity index (χ2n) is 5.08. The first kappa shape index (κ1) is 14.4. The summed E-state index contributed by atoms with van der Waals surface area (Å²) >= 11 is 0. The first-order valence-corrected chi connectivity index (χ1v) is 7.39. The molecule has 19 heavy (non-hydrogen) atoms. The molecule has 0 bridgehead atoms. The largest absolute Gasteiger partial charge is 0.491 e. The lowest BCUT2D eigenvalue weighted by atomic mass is 10.1. The number of rotatable bonds is 7. The van der Waals surface area contributed by atoms with Crippen LogP contribution in [0.5, 0.6) is 5.75 Å². The van der Waals surface area contributed by atoms with E-state index in [1.165, 1.54) is 5.56 Å². The maximum atomic E-state index is 5.95. The number of nitrogens with one attached hydrogen (secondary N) is 1. The Labute approximate surface area is 116 Å². The van der Waals surface area contributed by atoms with Crippen molar-refractivity contribution in [3.63, 3.8) is 0 Å². The third-order valence-corrected chi connectivity index (χ3v) is 3.56. The lowest BCUT2D eigenvalue weighted by Gasteiger charge is -2.15. The highest BCUT2D eigenvalue weighted by molar-refractivity contribution is 5.28. The van der Waals surface area contributed by atoms with Crippen molar-refractivity contribution in [3.05, 3.63) is 29.8 Å². The molecular weight excluding hydrogens is 238 g/mol. The van der Waals surface area contributed by atoms with E-state index >= 15 is 0 Å². The standard InChI is InChI=1S/C16H25NO2/c1-3-13-6-5-7-14(10-13)18-12-16-9-8-15(19-16)11-17-4-2/h5-7,10,15-17H,3-4,8-9,11-12H2,1-2H3. The Kier molecular flexibility index (Phi) is 5.67. The fourth-order valence-corrected chi connectivity index (χ4v) is 2.40. The first-order valence-electron chi connectivity index (χ1n) is 7.39. The Bertz CT molecular complexity index is 381. The van der Waals surface area contributed by atoms with Crippen LogP contribution < -0.4 is 10.1 Å². The van der Waals surface area contributed by atoms with E-state index in [-0.39, 0.29) is 6.10 Å². The summed E-state index contributed by atoms with van der Waals surface area (Å²) in [5.41, 5.74) is 1.31. The van der Waals surface area contributed by atoms with Gasteiger partial charge in [-0.2, -0.15) is 0 Å². The molecule has 2 atom stereocenters.